The van der Waals surface area contributed by atoms with E-state index < -0.39 is 0 Å². The highest BCUT2D eigenvalue weighted by Crippen LogP contribution is 2.22. The van der Waals surface area contributed by atoms with Crippen LogP contribution >= 0.6 is 22.6 Å². The number of anilines is 1. The molecule has 0 radical (unpaired) electrons. The molecule has 2 rings (SSSR count). The van der Waals surface area contributed by atoms with Crippen molar-refractivity contribution < 1.29 is 9.53 Å². The third-order valence-electron chi connectivity index (χ3n) is 2.86. The zero-order valence-corrected chi connectivity index (χ0v) is 13.6. The smallest absolute Gasteiger partial charge is 0.255 e. The van der Waals surface area contributed by atoms with Gasteiger partial charge in [-0.1, -0.05) is 0 Å². The number of nitrogens with one attached hydrogen (secondary N) is 1. The first-order chi connectivity index (χ1) is 9.60. The van der Waals surface area contributed by atoms with Crippen LogP contribution in [0.3, 0.4) is 0 Å². The maximum Gasteiger partial charge on any atom is 0.255 e. The van der Waals surface area contributed by atoms with E-state index in [4.69, 9.17) is 4.74 Å². The van der Waals surface area contributed by atoms with E-state index in [9.17, 15) is 4.79 Å². The minimum Gasteiger partial charge on any atom is -0.494 e. The van der Waals surface area contributed by atoms with Crippen LogP contribution in [0, 0.1) is 10.5 Å². The van der Waals surface area contributed by atoms with Gasteiger partial charge in [0.05, 0.1) is 6.61 Å². The normalized spacial score (nSPS) is 10.2. The summed E-state index contributed by atoms with van der Waals surface area (Å²) in [7, 11) is 0. The molecule has 0 saturated carbocycles. The first kappa shape index (κ1) is 14.8. The van der Waals surface area contributed by atoms with Crippen LogP contribution in [-0.2, 0) is 0 Å². The quantitative estimate of drug-likeness (QED) is 0.805. The van der Waals surface area contributed by atoms with Crippen molar-refractivity contribution in [1.29, 1.82) is 0 Å². The van der Waals surface area contributed by atoms with Crippen molar-refractivity contribution in [2.75, 3.05) is 11.9 Å². The number of aryl methyl sites for hydroxylation is 1. The summed E-state index contributed by atoms with van der Waals surface area (Å²) in [5, 5.41) is 2.92. The molecule has 104 valence electrons. The Morgan fingerprint density at radius 1 is 1.20 bits per heavy atom. The van der Waals surface area contributed by atoms with Crippen molar-refractivity contribution in [3.63, 3.8) is 0 Å². The Hall–Kier alpha value is -1.56. The Balaban J connectivity index is 2.13. The lowest BCUT2D eigenvalue weighted by atomic mass is 10.1. The number of hydrogen-bond acceptors (Lipinski definition) is 2. The summed E-state index contributed by atoms with van der Waals surface area (Å²) < 4.78 is 6.54. The Labute approximate surface area is 132 Å². The number of ether oxygens (including phenoxy) is 1. The van der Waals surface area contributed by atoms with Gasteiger partial charge in [-0.2, -0.15) is 0 Å². The summed E-state index contributed by atoms with van der Waals surface area (Å²) in [6.07, 6.45) is 0. The number of benzene rings is 2. The summed E-state index contributed by atoms with van der Waals surface area (Å²) in [4.78, 5) is 12.1. The van der Waals surface area contributed by atoms with E-state index in [0.29, 0.717) is 12.2 Å². The molecule has 0 atom stereocenters. The van der Waals surface area contributed by atoms with Crippen LogP contribution in [0.5, 0.6) is 5.75 Å². The average Bonchev–Trinajstić information content (AvgIpc) is 2.43. The largest absolute Gasteiger partial charge is 0.494 e. The molecule has 0 aliphatic heterocycles. The van der Waals surface area contributed by atoms with Gasteiger partial charge < -0.3 is 10.1 Å². The van der Waals surface area contributed by atoms with Gasteiger partial charge in [-0.05, 0) is 84.5 Å². The number of halogens is 1. The SMILES string of the molecule is CCOc1ccc(NC(=O)c2ccc(I)cc2)c(C)c1. The van der Waals surface area contributed by atoms with Crippen molar-refractivity contribution in [3.05, 3.63) is 57.2 Å². The van der Waals surface area contributed by atoms with Crippen LogP contribution in [0.1, 0.15) is 22.8 Å². The molecule has 0 fully saturated rings. The van der Waals surface area contributed by atoms with Crippen LogP contribution in [0.25, 0.3) is 0 Å². The molecule has 1 amide bonds. The highest BCUT2D eigenvalue weighted by Gasteiger charge is 2.08. The number of carbonyl (C=O) groups excluding carboxylic acids is 1. The van der Waals surface area contributed by atoms with Crippen molar-refractivity contribution in [3.8, 4) is 5.75 Å². The van der Waals surface area contributed by atoms with E-state index in [1.54, 1.807) is 0 Å². The topological polar surface area (TPSA) is 38.3 Å². The molecular weight excluding hydrogens is 365 g/mol. The van der Waals surface area contributed by atoms with Crippen molar-refractivity contribution in [1.82, 2.24) is 0 Å². The van der Waals surface area contributed by atoms with E-state index in [1.165, 1.54) is 0 Å². The highest BCUT2D eigenvalue weighted by molar-refractivity contribution is 14.1. The molecule has 2 aromatic carbocycles. The Morgan fingerprint density at radius 3 is 2.50 bits per heavy atom. The summed E-state index contributed by atoms with van der Waals surface area (Å²) >= 11 is 2.21. The van der Waals surface area contributed by atoms with Gasteiger partial charge in [0.1, 0.15) is 5.75 Å². The molecule has 4 heteroatoms. The molecule has 0 aliphatic carbocycles. The fourth-order valence-electron chi connectivity index (χ4n) is 1.83. The summed E-state index contributed by atoms with van der Waals surface area (Å²) in [6.45, 7) is 4.53. The molecule has 0 saturated heterocycles. The van der Waals surface area contributed by atoms with E-state index in [-0.39, 0.29) is 5.91 Å². The lowest BCUT2D eigenvalue weighted by Crippen LogP contribution is -2.12. The summed E-state index contributed by atoms with van der Waals surface area (Å²) in [5.41, 5.74) is 2.44. The molecule has 0 aliphatic rings. The van der Waals surface area contributed by atoms with Gasteiger partial charge in [0.2, 0.25) is 0 Å². The summed E-state index contributed by atoms with van der Waals surface area (Å²) in [6, 6.07) is 13.1. The fraction of sp³-hybridized carbons (Fsp3) is 0.188. The maximum absolute atomic E-state index is 12.1. The first-order valence-electron chi connectivity index (χ1n) is 6.40. The van der Waals surface area contributed by atoms with Gasteiger partial charge in [-0.3, -0.25) is 4.79 Å². The molecule has 20 heavy (non-hydrogen) atoms. The van der Waals surface area contributed by atoms with Gasteiger partial charge in [0.15, 0.2) is 0 Å². The van der Waals surface area contributed by atoms with Crippen LogP contribution in [0.4, 0.5) is 5.69 Å². The summed E-state index contributed by atoms with van der Waals surface area (Å²) in [5.74, 6) is 0.714. The van der Waals surface area contributed by atoms with Gasteiger partial charge in [-0.25, -0.2) is 0 Å². The predicted molar refractivity (Wildman–Crippen MR) is 89.5 cm³/mol. The lowest BCUT2D eigenvalue weighted by molar-refractivity contribution is 0.102. The second kappa shape index (κ2) is 6.74. The predicted octanol–water partition coefficient (Wildman–Crippen LogP) is 4.25. The molecule has 2 aromatic rings. The zero-order valence-electron chi connectivity index (χ0n) is 11.4. The molecule has 0 aromatic heterocycles. The zero-order chi connectivity index (χ0) is 14.5. The van der Waals surface area contributed by atoms with E-state index in [0.717, 1.165) is 20.6 Å². The minimum atomic E-state index is -0.103. The minimum absolute atomic E-state index is 0.103. The highest BCUT2D eigenvalue weighted by atomic mass is 127. The maximum atomic E-state index is 12.1. The number of carbonyl (C=O) groups is 1. The van der Waals surface area contributed by atoms with Crippen LogP contribution in [0.2, 0.25) is 0 Å². The van der Waals surface area contributed by atoms with Crippen LogP contribution < -0.4 is 10.1 Å². The van der Waals surface area contributed by atoms with Crippen molar-refractivity contribution in [2.45, 2.75) is 13.8 Å². The van der Waals surface area contributed by atoms with Crippen molar-refractivity contribution >= 4 is 34.2 Å². The first-order valence-corrected chi connectivity index (χ1v) is 7.48. The van der Waals surface area contributed by atoms with E-state index in [2.05, 4.69) is 27.9 Å². The monoisotopic (exact) mass is 381 g/mol. The van der Waals surface area contributed by atoms with Crippen LogP contribution in [0.15, 0.2) is 42.5 Å². The average molecular weight is 381 g/mol. The van der Waals surface area contributed by atoms with Gasteiger partial charge in [0.25, 0.3) is 5.91 Å². The fourth-order valence-corrected chi connectivity index (χ4v) is 2.19. The molecule has 0 spiro atoms. The molecule has 0 unspecified atom stereocenters. The molecule has 0 bridgehead atoms. The third-order valence-corrected chi connectivity index (χ3v) is 3.58. The Bertz CT molecular complexity index is 608. The Morgan fingerprint density at radius 2 is 1.90 bits per heavy atom. The number of hydrogen-bond donors (Lipinski definition) is 1. The second-order valence-electron chi connectivity index (χ2n) is 4.37. The van der Waals surface area contributed by atoms with E-state index in [1.807, 2.05) is 56.3 Å². The second-order valence-corrected chi connectivity index (χ2v) is 5.62. The van der Waals surface area contributed by atoms with Gasteiger partial charge in [0, 0.05) is 14.8 Å². The van der Waals surface area contributed by atoms with Gasteiger partial charge >= 0.3 is 0 Å². The van der Waals surface area contributed by atoms with Crippen LogP contribution in [-0.4, -0.2) is 12.5 Å². The standard InChI is InChI=1S/C16H16INO2/c1-3-20-14-8-9-15(11(2)10-14)18-16(19)12-4-6-13(17)7-5-12/h4-10H,3H2,1-2H3,(H,18,19). The third kappa shape index (κ3) is 3.72. The number of rotatable bonds is 4. The van der Waals surface area contributed by atoms with E-state index >= 15 is 0 Å². The van der Waals surface area contributed by atoms with Gasteiger partial charge in [-0.15, -0.1) is 0 Å². The molecule has 3 nitrogen and oxygen atoms in total. The number of amides is 1. The molecular formula is C16H16INO2. The molecule has 0 heterocycles. The Kier molecular flexibility index (Phi) is 5.00. The lowest BCUT2D eigenvalue weighted by Gasteiger charge is -2.10. The molecule has 1 N–H and O–H groups in total. The van der Waals surface area contributed by atoms with Crippen molar-refractivity contribution in [2.24, 2.45) is 0 Å².